The van der Waals surface area contributed by atoms with Gasteiger partial charge in [0.2, 0.25) is 0 Å². The predicted molar refractivity (Wildman–Crippen MR) is 106 cm³/mol. The van der Waals surface area contributed by atoms with E-state index in [1.54, 1.807) is 0 Å². The number of halogens is 1. The maximum absolute atomic E-state index is 5.97. The van der Waals surface area contributed by atoms with Crippen molar-refractivity contribution in [3.63, 3.8) is 0 Å². The van der Waals surface area contributed by atoms with Gasteiger partial charge in [0.15, 0.2) is 0 Å². The summed E-state index contributed by atoms with van der Waals surface area (Å²) in [6.45, 7) is 0.665. The van der Waals surface area contributed by atoms with Crippen molar-refractivity contribution in [2.45, 2.75) is 24.9 Å². The Morgan fingerprint density at radius 2 is 1.71 bits per heavy atom. The van der Waals surface area contributed by atoms with Gasteiger partial charge in [-0.15, -0.1) is 0 Å². The number of benzene rings is 2. The molecule has 0 radical (unpaired) electrons. The van der Waals surface area contributed by atoms with E-state index < -0.39 is 0 Å². The van der Waals surface area contributed by atoms with Crippen molar-refractivity contribution in [1.82, 2.24) is 0 Å². The summed E-state index contributed by atoms with van der Waals surface area (Å²) in [6.07, 6.45) is 2.19. The lowest BCUT2D eigenvalue weighted by Crippen LogP contribution is -2.54. The molecule has 2 aliphatic rings. The van der Waals surface area contributed by atoms with E-state index in [9.17, 15) is 0 Å². The van der Waals surface area contributed by atoms with Gasteiger partial charge in [0.05, 0.1) is 23.5 Å². The highest BCUT2D eigenvalue weighted by molar-refractivity contribution is 7.99. The third-order valence-electron chi connectivity index (χ3n) is 4.69. The first-order valence-corrected chi connectivity index (χ1v) is 9.80. The topological polar surface area (TPSA) is 36.4 Å². The van der Waals surface area contributed by atoms with Crippen LogP contribution in [0.5, 0.6) is 0 Å². The molecule has 4 rings (SSSR count). The second kappa shape index (κ2) is 6.69. The zero-order valence-electron chi connectivity index (χ0n) is 13.4. The molecule has 0 atom stereocenters. The van der Waals surface area contributed by atoms with Gasteiger partial charge in [-0.05, 0) is 54.2 Å². The number of amidine groups is 1. The molecular weight excluding hydrogens is 338 g/mol. The van der Waals surface area contributed by atoms with Crippen LogP contribution in [0.15, 0.2) is 53.5 Å². The van der Waals surface area contributed by atoms with E-state index in [-0.39, 0.29) is 5.54 Å². The lowest BCUT2D eigenvalue weighted by atomic mass is 9.87. The van der Waals surface area contributed by atoms with Crippen LogP contribution in [0.25, 0.3) is 0 Å². The monoisotopic (exact) mass is 357 g/mol. The molecule has 1 spiro atoms. The second-order valence-corrected chi connectivity index (χ2v) is 7.94. The molecule has 2 heterocycles. The second-order valence-electron chi connectivity index (χ2n) is 6.28. The van der Waals surface area contributed by atoms with Crippen LogP contribution >= 0.6 is 23.4 Å². The average molecular weight is 358 g/mol. The fraction of sp³-hybridized carbons (Fsp3) is 0.316. The highest BCUT2D eigenvalue weighted by Gasteiger charge is 2.40. The van der Waals surface area contributed by atoms with Crippen molar-refractivity contribution < 1.29 is 0 Å². The Morgan fingerprint density at radius 3 is 2.46 bits per heavy atom. The summed E-state index contributed by atoms with van der Waals surface area (Å²) in [4.78, 5) is 4.95. The van der Waals surface area contributed by atoms with Crippen molar-refractivity contribution in [3.05, 3.63) is 59.1 Å². The molecule has 3 nitrogen and oxygen atoms in total. The minimum absolute atomic E-state index is 0.0635. The number of fused-ring (bicyclic) bond motifs is 1. The van der Waals surface area contributed by atoms with Crippen LogP contribution < -0.4 is 10.6 Å². The van der Waals surface area contributed by atoms with Crippen LogP contribution in [-0.2, 0) is 6.54 Å². The van der Waals surface area contributed by atoms with E-state index in [0.717, 1.165) is 40.9 Å². The summed E-state index contributed by atoms with van der Waals surface area (Å²) in [5.41, 5.74) is 3.39. The Morgan fingerprint density at radius 1 is 1.00 bits per heavy atom. The highest BCUT2D eigenvalue weighted by atomic mass is 35.5. The van der Waals surface area contributed by atoms with Crippen molar-refractivity contribution in [2.24, 2.45) is 4.99 Å². The molecule has 0 aliphatic carbocycles. The van der Waals surface area contributed by atoms with E-state index in [4.69, 9.17) is 16.6 Å². The van der Waals surface area contributed by atoms with Gasteiger partial charge in [-0.2, -0.15) is 11.8 Å². The Bertz CT molecular complexity index is 751. The maximum atomic E-state index is 5.97. The normalized spacial score (nSPS) is 20.3. The smallest absolute Gasteiger partial charge is 0.127 e. The molecule has 2 aromatic carbocycles. The number of aliphatic imine (C=N–C) groups is 1. The number of nitrogens with zero attached hydrogens (tertiary/aromatic N) is 1. The van der Waals surface area contributed by atoms with E-state index in [1.807, 2.05) is 36.0 Å². The number of anilines is 2. The molecule has 5 heteroatoms. The summed E-state index contributed by atoms with van der Waals surface area (Å²) in [7, 11) is 0. The van der Waals surface area contributed by atoms with Crippen LogP contribution in [-0.4, -0.2) is 22.9 Å². The zero-order chi connectivity index (χ0) is 16.4. The number of hydrogen-bond donors (Lipinski definition) is 2. The fourth-order valence-electron chi connectivity index (χ4n) is 3.30. The highest BCUT2D eigenvalue weighted by Crippen LogP contribution is 2.38. The quantitative estimate of drug-likeness (QED) is 0.790. The Hall–Kier alpha value is -1.65. The van der Waals surface area contributed by atoms with Gasteiger partial charge in [0.25, 0.3) is 0 Å². The molecular formula is C19H20ClN3S. The molecule has 0 saturated carbocycles. The molecule has 2 aromatic rings. The van der Waals surface area contributed by atoms with Crippen molar-refractivity contribution >= 4 is 40.6 Å². The summed E-state index contributed by atoms with van der Waals surface area (Å²) >= 11 is 8.00. The van der Waals surface area contributed by atoms with Gasteiger partial charge < -0.3 is 10.6 Å². The minimum atomic E-state index is -0.0635. The molecule has 0 amide bonds. The molecule has 0 bridgehead atoms. The fourth-order valence-corrected chi connectivity index (χ4v) is 4.61. The lowest BCUT2D eigenvalue weighted by molar-refractivity contribution is 0.560. The number of hydrogen-bond acceptors (Lipinski definition) is 3. The van der Waals surface area contributed by atoms with Crippen LogP contribution in [0.4, 0.5) is 11.4 Å². The molecule has 1 fully saturated rings. The SMILES string of the molecule is Clc1ccc(CN=C2Nc3ccccc3NC23CCSCC3)cc1. The lowest BCUT2D eigenvalue weighted by Gasteiger charge is -2.43. The number of para-hydroxylation sites is 2. The molecule has 2 N–H and O–H groups in total. The molecule has 24 heavy (non-hydrogen) atoms. The van der Waals surface area contributed by atoms with Gasteiger partial charge in [0, 0.05) is 5.02 Å². The summed E-state index contributed by atoms with van der Waals surface area (Å²) in [5, 5.41) is 8.13. The van der Waals surface area contributed by atoms with Crippen molar-refractivity contribution in [3.8, 4) is 0 Å². The summed E-state index contributed by atoms with van der Waals surface area (Å²) in [5.74, 6) is 3.39. The first-order chi connectivity index (χ1) is 11.8. The molecule has 1 saturated heterocycles. The standard InChI is InChI=1S/C19H20ClN3S/c20-15-7-5-14(6-8-15)13-21-18-19(9-11-24-12-10-19)23-17-4-2-1-3-16(17)22-18/h1-8,23H,9-13H2,(H,21,22). The average Bonchev–Trinajstić information content (AvgIpc) is 2.62. The Labute approximate surface area is 151 Å². The Kier molecular flexibility index (Phi) is 4.42. The van der Waals surface area contributed by atoms with E-state index in [2.05, 4.69) is 34.9 Å². The van der Waals surface area contributed by atoms with E-state index in [1.165, 1.54) is 11.3 Å². The molecule has 124 valence electrons. The molecule has 0 unspecified atom stereocenters. The van der Waals surface area contributed by atoms with Crippen molar-refractivity contribution in [1.29, 1.82) is 0 Å². The van der Waals surface area contributed by atoms with Crippen LogP contribution in [0.1, 0.15) is 18.4 Å². The van der Waals surface area contributed by atoms with Gasteiger partial charge in [-0.25, -0.2) is 0 Å². The maximum Gasteiger partial charge on any atom is 0.127 e. The van der Waals surface area contributed by atoms with Crippen LogP contribution in [0, 0.1) is 0 Å². The number of nitrogens with one attached hydrogen (secondary N) is 2. The summed E-state index contributed by atoms with van der Waals surface area (Å²) < 4.78 is 0. The van der Waals surface area contributed by atoms with Gasteiger partial charge in [-0.1, -0.05) is 35.9 Å². The zero-order valence-corrected chi connectivity index (χ0v) is 15.0. The van der Waals surface area contributed by atoms with Crippen LogP contribution in [0.2, 0.25) is 5.02 Å². The van der Waals surface area contributed by atoms with Crippen LogP contribution in [0.3, 0.4) is 0 Å². The first-order valence-electron chi connectivity index (χ1n) is 8.27. The number of thioether (sulfide) groups is 1. The Balaban J connectivity index is 1.65. The third kappa shape index (κ3) is 3.13. The van der Waals surface area contributed by atoms with Gasteiger partial charge >= 0.3 is 0 Å². The van der Waals surface area contributed by atoms with Gasteiger partial charge in [0.1, 0.15) is 5.84 Å². The summed E-state index contributed by atoms with van der Waals surface area (Å²) in [6, 6.07) is 16.3. The van der Waals surface area contributed by atoms with Gasteiger partial charge in [-0.3, -0.25) is 4.99 Å². The number of rotatable bonds is 2. The van der Waals surface area contributed by atoms with Crippen molar-refractivity contribution in [2.75, 3.05) is 22.1 Å². The third-order valence-corrected chi connectivity index (χ3v) is 5.92. The van der Waals surface area contributed by atoms with E-state index in [0.29, 0.717) is 6.54 Å². The largest absolute Gasteiger partial charge is 0.371 e. The molecule has 0 aromatic heterocycles. The van der Waals surface area contributed by atoms with E-state index >= 15 is 0 Å². The predicted octanol–water partition coefficient (Wildman–Crippen LogP) is 5.04. The first kappa shape index (κ1) is 15.9. The molecule has 2 aliphatic heterocycles. The minimum Gasteiger partial charge on any atom is -0.371 e.